The van der Waals surface area contributed by atoms with E-state index in [9.17, 15) is 0 Å². The highest BCUT2D eigenvalue weighted by atomic mass is 14.5. The van der Waals surface area contributed by atoms with Crippen LogP contribution in [0.4, 0.5) is 0 Å². The van der Waals surface area contributed by atoms with Gasteiger partial charge in [0.05, 0.1) is 15.7 Å². The van der Waals surface area contributed by atoms with Crippen LogP contribution in [0.3, 0.4) is 0 Å². The summed E-state index contributed by atoms with van der Waals surface area (Å²) < 4.78 is 0. The Morgan fingerprint density at radius 3 is 2.00 bits per heavy atom. The van der Waals surface area contributed by atoms with Gasteiger partial charge in [-0.15, -0.1) is 0 Å². The lowest BCUT2D eigenvalue weighted by atomic mass is 9.61. The summed E-state index contributed by atoms with van der Waals surface area (Å²) in [6.07, 6.45) is 4.70. The zero-order chi connectivity index (χ0) is 6.43. The lowest BCUT2D eigenvalue weighted by Gasteiger charge is -2.26. The molecule has 9 heavy (non-hydrogen) atoms. The van der Waals surface area contributed by atoms with Crippen LogP contribution in [0.25, 0.3) is 0 Å². The Morgan fingerprint density at radius 1 is 1.11 bits per heavy atom. The van der Waals surface area contributed by atoms with E-state index >= 15 is 0 Å². The molecule has 0 spiro atoms. The highest BCUT2D eigenvalue weighted by Gasteiger charge is 2.44. The molecule has 3 saturated carbocycles. The molecule has 3 aliphatic carbocycles. The summed E-state index contributed by atoms with van der Waals surface area (Å²) in [5.74, 6) is 3.41. The van der Waals surface area contributed by atoms with Crippen molar-refractivity contribution in [1.82, 2.24) is 0 Å². The number of rotatable bonds is 1. The van der Waals surface area contributed by atoms with Gasteiger partial charge in [0.15, 0.2) is 0 Å². The predicted octanol–water partition coefficient (Wildman–Crippen LogP) is 0.0447. The molecule has 3 rings (SSSR count). The molecule has 1 unspecified atom stereocenters. The molecule has 3 fully saturated rings. The Balaban J connectivity index is 2.00. The molecule has 2 bridgehead atoms. The Hall–Kier alpha value is 0.130. The third kappa shape index (κ3) is 0.754. The van der Waals surface area contributed by atoms with Crippen LogP contribution in [0, 0.1) is 17.8 Å². The smallest absolute Gasteiger partial charge is 0.0929 e. The Kier molecular flexibility index (Phi) is 1.18. The van der Waals surface area contributed by atoms with E-state index in [1.807, 2.05) is 0 Å². The van der Waals surface area contributed by atoms with E-state index in [1.54, 1.807) is 19.3 Å². The number of fused-ring (bicyclic) bond motifs is 1. The predicted molar refractivity (Wildman–Crippen MR) is 45.2 cm³/mol. The molecule has 1 atom stereocenters. The topological polar surface area (TPSA) is 0 Å². The molecule has 2 heteroatoms. The first kappa shape index (κ1) is 5.88. The van der Waals surface area contributed by atoms with Gasteiger partial charge in [0.25, 0.3) is 0 Å². The van der Waals surface area contributed by atoms with Gasteiger partial charge >= 0.3 is 0 Å². The lowest BCUT2D eigenvalue weighted by Crippen LogP contribution is -2.17. The molecule has 0 amide bonds. The van der Waals surface area contributed by atoms with Crippen LogP contribution < -0.4 is 0 Å². The molecule has 0 N–H and O–H groups in total. The van der Waals surface area contributed by atoms with Crippen LogP contribution >= 0.6 is 0 Å². The largest absolute Gasteiger partial charge is 0.0960 e. The quantitative estimate of drug-likeness (QED) is 0.428. The van der Waals surface area contributed by atoms with Crippen LogP contribution in [-0.4, -0.2) is 15.7 Å². The molecule has 0 aromatic heterocycles. The minimum absolute atomic E-state index is 0.961. The maximum absolute atomic E-state index is 2.38. The summed E-state index contributed by atoms with van der Waals surface area (Å²) in [6.45, 7) is 0. The molecule has 0 saturated heterocycles. The van der Waals surface area contributed by atoms with Gasteiger partial charge in [-0.05, 0) is 37.0 Å². The summed E-state index contributed by atoms with van der Waals surface area (Å²) in [6, 6.07) is 0. The van der Waals surface area contributed by atoms with Crippen molar-refractivity contribution < 1.29 is 0 Å². The fourth-order valence-electron chi connectivity index (χ4n) is 2.72. The zero-order valence-electron chi connectivity index (χ0n) is 6.43. The molecule has 0 heterocycles. The second-order valence-electron chi connectivity index (χ2n) is 4.24. The third-order valence-corrected chi connectivity index (χ3v) is 3.34. The normalized spacial score (nSPS) is 47.4. The summed E-state index contributed by atoms with van der Waals surface area (Å²) in [4.78, 5) is 0. The molecule has 48 valence electrons. The highest BCUT2D eigenvalue weighted by Crippen LogP contribution is 2.55. The molecule has 0 radical (unpaired) electrons. The SMILES string of the molecule is BC(B)C1CC2CC1C2. The van der Waals surface area contributed by atoms with Crippen LogP contribution in [0.15, 0.2) is 0 Å². The Morgan fingerprint density at radius 2 is 1.78 bits per heavy atom. The van der Waals surface area contributed by atoms with Gasteiger partial charge in [-0.2, -0.15) is 0 Å². The van der Waals surface area contributed by atoms with Gasteiger partial charge in [0.2, 0.25) is 0 Å². The first-order chi connectivity index (χ1) is 4.27. The standard InChI is InChI=1S/C7H14B2/c8-7(9)6-3-4-1-5(6)2-4/h4-7H,1-3,8-9H2. The van der Waals surface area contributed by atoms with Crippen LogP contribution in [0.5, 0.6) is 0 Å². The number of hydrogen-bond donors (Lipinski definition) is 0. The van der Waals surface area contributed by atoms with Crippen molar-refractivity contribution in [2.45, 2.75) is 25.0 Å². The van der Waals surface area contributed by atoms with Gasteiger partial charge in [0.1, 0.15) is 0 Å². The fraction of sp³-hybridized carbons (Fsp3) is 1.00. The van der Waals surface area contributed by atoms with E-state index in [0.29, 0.717) is 0 Å². The monoisotopic (exact) mass is 120 g/mol. The lowest BCUT2D eigenvalue weighted by molar-refractivity contribution is 0.278. The summed E-state index contributed by atoms with van der Waals surface area (Å²) in [5.41, 5.74) is 0.961. The van der Waals surface area contributed by atoms with Crippen molar-refractivity contribution in [3.05, 3.63) is 0 Å². The van der Waals surface area contributed by atoms with Gasteiger partial charge in [-0.25, -0.2) is 0 Å². The van der Waals surface area contributed by atoms with E-state index in [2.05, 4.69) is 15.7 Å². The Labute approximate surface area is 59.2 Å². The van der Waals surface area contributed by atoms with E-state index in [4.69, 9.17) is 0 Å². The molecule has 0 aromatic carbocycles. The van der Waals surface area contributed by atoms with Crippen molar-refractivity contribution in [3.8, 4) is 0 Å². The zero-order valence-corrected chi connectivity index (χ0v) is 6.43. The van der Waals surface area contributed by atoms with Crippen molar-refractivity contribution in [1.29, 1.82) is 0 Å². The summed E-state index contributed by atoms with van der Waals surface area (Å²) in [5, 5.41) is 0. The average molecular weight is 120 g/mol. The second kappa shape index (κ2) is 1.81. The second-order valence-corrected chi connectivity index (χ2v) is 4.24. The summed E-state index contributed by atoms with van der Waals surface area (Å²) >= 11 is 0. The van der Waals surface area contributed by atoms with Gasteiger partial charge in [-0.3, -0.25) is 0 Å². The third-order valence-electron chi connectivity index (χ3n) is 3.34. The van der Waals surface area contributed by atoms with E-state index in [-0.39, 0.29) is 0 Å². The first-order valence-corrected chi connectivity index (χ1v) is 4.27. The summed E-state index contributed by atoms with van der Waals surface area (Å²) in [7, 11) is 4.76. The molecule has 0 nitrogen and oxygen atoms in total. The molecular weight excluding hydrogens is 106 g/mol. The minimum Gasteiger partial charge on any atom is -0.0929 e. The number of hydrogen-bond acceptors (Lipinski definition) is 0. The molecule has 3 aliphatic rings. The fourth-order valence-corrected chi connectivity index (χ4v) is 2.72. The van der Waals surface area contributed by atoms with E-state index < -0.39 is 0 Å². The van der Waals surface area contributed by atoms with Crippen molar-refractivity contribution in [3.63, 3.8) is 0 Å². The average Bonchev–Trinajstić information content (AvgIpc) is 2.12. The van der Waals surface area contributed by atoms with Crippen LogP contribution in [-0.2, 0) is 0 Å². The van der Waals surface area contributed by atoms with Crippen molar-refractivity contribution >= 4 is 15.7 Å². The molecule has 0 aliphatic heterocycles. The van der Waals surface area contributed by atoms with Gasteiger partial charge in [-0.1, -0.05) is 5.72 Å². The Bertz CT molecular complexity index is 116. The molecule has 0 aromatic rings. The molecular formula is C7H14B2. The van der Waals surface area contributed by atoms with Crippen LogP contribution in [0.2, 0.25) is 5.72 Å². The van der Waals surface area contributed by atoms with E-state index in [1.165, 1.54) is 0 Å². The van der Waals surface area contributed by atoms with E-state index in [0.717, 1.165) is 23.5 Å². The van der Waals surface area contributed by atoms with Crippen molar-refractivity contribution in [2.75, 3.05) is 0 Å². The van der Waals surface area contributed by atoms with Crippen molar-refractivity contribution in [2.24, 2.45) is 17.8 Å². The van der Waals surface area contributed by atoms with Gasteiger partial charge < -0.3 is 0 Å². The first-order valence-electron chi connectivity index (χ1n) is 4.27. The van der Waals surface area contributed by atoms with Gasteiger partial charge in [0, 0.05) is 0 Å². The highest BCUT2D eigenvalue weighted by molar-refractivity contribution is 6.35. The maximum atomic E-state index is 2.38. The maximum Gasteiger partial charge on any atom is 0.0960 e. The van der Waals surface area contributed by atoms with Crippen LogP contribution in [0.1, 0.15) is 19.3 Å². The minimum atomic E-state index is 0.961.